The molecular weight excluding hydrogens is 765 g/mol. The summed E-state index contributed by atoms with van der Waals surface area (Å²) in [7, 11) is -8.04. The van der Waals surface area contributed by atoms with Gasteiger partial charge in [0, 0.05) is 18.8 Å². The predicted octanol–water partition coefficient (Wildman–Crippen LogP) is 9.76. The Bertz CT molecular complexity index is 1150. The van der Waals surface area contributed by atoms with Crippen molar-refractivity contribution in [2.75, 3.05) is 24.6 Å². The molecule has 0 unspecified atom stereocenters. The molecule has 55 heavy (non-hydrogen) atoms. The summed E-state index contributed by atoms with van der Waals surface area (Å²) in [6.07, 6.45) is 42.0. The Hall–Kier alpha value is -0.500. The SMILES string of the molecule is CCCCCCCCCCCCCC/C=C/C(=O)NCCCCS(=O)(=O)O.CCCCCCCCCCCCCC/C=C/C([O-])=NCCCCS(=O)(=O)[O-].[Ca+2]. The Morgan fingerprint density at radius 2 is 0.945 bits per heavy atom. The summed E-state index contributed by atoms with van der Waals surface area (Å²) in [5.74, 6) is -1.05. The summed E-state index contributed by atoms with van der Waals surface area (Å²) >= 11 is 0. The van der Waals surface area contributed by atoms with Gasteiger partial charge in [-0.2, -0.15) is 8.42 Å². The van der Waals surface area contributed by atoms with Crippen LogP contribution in [-0.4, -0.2) is 100 Å². The minimum absolute atomic E-state index is 0. The van der Waals surface area contributed by atoms with Crippen molar-refractivity contribution in [3.8, 4) is 0 Å². The predicted molar refractivity (Wildman–Crippen MR) is 230 cm³/mol. The molecule has 0 fully saturated rings. The Kier molecular flexibility index (Phi) is 47.7. The molecule has 0 spiro atoms. The van der Waals surface area contributed by atoms with Crippen molar-refractivity contribution in [3.05, 3.63) is 24.3 Å². The molecule has 320 valence electrons. The van der Waals surface area contributed by atoms with Gasteiger partial charge in [0.25, 0.3) is 10.1 Å². The van der Waals surface area contributed by atoms with E-state index in [0.717, 1.165) is 25.7 Å². The maximum absolute atomic E-state index is 11.6. The Morgan fingerprint density at radius 1 is 0.564 bits per heavy atom. The second-order valence-electron chi connectivity index (χ2n) is 14.6. The normalized spacial score (nSPS) is 12.2. The number of aliphatic imine (C=N–C) groups is 1. The van der Waals surface area contributed by atoms with Gasteiger partial charge in [0.15, 0.2) is 0 Å². The molecule has 0 aliphatic rings. The van der Waals surface area contributed by atoms with Crippen LogP contribution >= 0.6 is 0 Å². The molecule has 0 saturated carbocycles. The zero-order chi connectivity index (χ0) is 40.4. The van der Waals surface area contributed by atoms with E-state index in [1.807, 2.05) is 12.2 Å². The first-order valence-electron chi connectivity index (χ1n) is 21.6. The molecule has 0 heterocycles. The van der Waals surface area contributed by atoms with E-state index >= 15 is 0 Å². The second kappa shape index (κ2) is 44.6. The Morgan fingerprint density at radius 3 is 1.35 bits per heavy atom. The molecule has 0 rings (SSSR count). The van der Waals surface area contributed by atoms with Crippen molar-refractivity contribution < 1.29 is 35.8 Å². The number of allylic oxidation sites excluding steroid dienone is 2. The van der Waals surface area contributed by atoms with E-state index in [2.05, 4.69) is 24.2 Å². The third-order valence-electron chi connectivity index (χ3n) is 9.18. The van der Waals surface area contributed by atoms with Gasteiger partial charge in [0.2, 0.25) is 5.91 Å². The van der Waals surface area contributed by atoms with Gasteiger partial charge < -0.3 is 20.0 Å². The fourth-order valence-corrected chi connectivity index (χ4v) is 7.02. The monoisotopic (exact) mass is 844 g/mol. The average Bonchev–Trinajstić information content (AvgIpc) is 3.11. The zero-order valence-electron chi connectivity index (χ0n) is 35.1. The van der Waals surface area contributed by atoms with Gasteiger partial charge in [-0.15, -0.1) is 0 Å². The fraction of sp³-hybridized carbons (Fsp3) is 0.857. The molecule has 13 heteroatoms. The number of hydrogen-bond acceptors (Lipinski definition) is 8. The van der Waals surface area contributed by atoms with Crippen LogP contribution in [0, 0.1) is 0 Å². The average molecular weight is 845 g/mol. The molecule has 0 aromatic rings. The molecule has 0 radical (unpaired) electrons. The van der Waals surface area contributed by atoms with E-state index in [-0.39, 0.29) is 74.0 Å². The standard InChI is InChI=1S/2C21H41NO4S.Ca/c2*1-2-3-4-5-6-7-8-9-10-11-12-13-14-15-18-21(23)22-19-16-17-20-27(24,25)26;/h2*15,18H,2-14,16-17,19-20H2,1H3,(H,22,23)(H,24,25,26);/q;;+2/p-2/b2*18-15+;. The van der Waals surface area contributed by atoms with E-state index in [0.29, 0.717) is 25.8 Å². The molecular formula is C42H80CaN2O8S2. The van der Waals surface area contributed by atoms with Crippen molar-refractivity contribution in [1.82, 2.24) is 5.32 Å². The van der Waals surface area contributed by atoms with Crippen molar-refractivity contribution in [3.63, 3.8) is 0 Å². The number of nitrogens with zero attached hydrogens (tertiary/aromatic N) is 1. The van der Waals surface area contributed by atoms with Crippen LogP contribution < -0.4 is 10.4 Å². The van der Waals surface area contributed by atoms with Gasteiger partial charge in [0.1, 0.15) is 0 Å². The van der Waals surface area contributed by atoms with Crippen LogP contribution in [0.25, 0.3) is 0 Å². The van der Waals surface area contributed by atoms with Gasteiger partial charge in [-0.3, -0.25) is 9.35 Å². The molecule has 1 amide bonds. The van der Waals surface area contributed by atoms with Gasteiger partial charge in [-0.1, -0.05) is 173 Å². The number of unbranched alkanes of at least 4 members (excludes halogenated alkanes) is 26. The molecule has 2 N–H and O–H groups in total. The van der Waals surface area contributed by atoms with Crippen LogP contribution in [-0.2, 0) is 25.0 Å². The summed E-state index contributed by atoms with van der Waals surface area (Å²) in [6.45, 7) is 5.21. The number of hydrogen-bond donors (Lipinski definition) is 2. The van der Waals surface area contributed by atoms with Crippen molar-refractivity contribution in [2.24, 2.45) is 4.99 Å². The van der Waals surface area contributed by atoms with E-state index in [4.69, 9.17) is 4.55 Å². The van der Waals surface area contributed by atoms with Crippen molar-refractivity contribution >= 4 is 69.8 Å². The van der Waals surface area contributed by atoms with E-state index < -0.39 is 20.2 Å². The summed E-state index contributed by atoms with van der Waals surface area (Å²) in [5.41, 5.74) is 0. The van der Waals surface area contributed by atoms with Crippen LogP contribution in [0.3, 0.4) is 0 Å². The molecule has 10 nitrogen and oxygen atoms in total. The fourth-order valence-electron chi connectivity index (χ4n) is 5.89. The number of rotatable bonds is 38. The maximum atomic E-state index is 11.6. The largest absolute Gasteiger partial charge is 2.00 e. The zero-order valence-corrected chi connectivity index (χ0v) is 39.0. The second-order valence-corrected chi connectivity index (χ2v) is 17.7. The first kappa shape index (κ1) is 58.8. The van der Waals surface area contributed by atoms with E-state index in [9.17, 15) is 31.3 Å². The van der Waals surface area contributed by atoms with Crippen molar-refractivity contribution in [2.45, 2.75) is 206 Å². The van der Waals surface area contributed by atoms with Gasteiger partial charge in [0.05, 0.1) is 15.9 Å². The van der Waals surface area contributed by atoms with E-state index in [1.165, 1.54) is 147 Å². The summed E-state index contributed by atoms with van der Waals surface area (Å²) in [5, 5.41) is 14.2. The molecule has 0 atom stereocenters. The van der Waals surface area contributed by atoms with Crippen LogP contribution in [0.2, 0.25) is 0 Å². The van der Waals surface area contributed by atoms with Gasteiger partial charge in [-0.05, 0) is 63.3 Å². The summed E-state index contributed by atoms with van der Waals surface area (Å²) in [6, 6.07) is 0. The first-order chi connectivity index (χ1) is 25.9. The number of carbonyl (C=O) groups excluding carboxylic acids is 1. The smallest absolute Gasteiger partial charge is 0.859 e. The molecule has 0 aliphatic carbocycles. The quantitative estimate of drug-likeness (QED) is 0.0154. The van der Waals surface area contributed by atoms with Gasteiger partial charge >= 0.3 is 37.7 Å². The van der Waals surface area contributed by atoms with Crippen LogP contribution in [0.5, 0.6) is 0 Å². The third kappa shape index (κ3) is 57.9. The third-order valence-corrected chi connectivity index (χ3v) is 10.8. The number of carbonyl (C=O) groups is 1. The molecule has 0 saturated heterocycles. The van der Waals surface area contributed by atoms with E-state index in [1.54, 1.807) is 6.08 Å². The summed E-state index contributed by atoms with van der Waals surface area (Å²) in [4.78, 5) is 15.4. The first-order valence-corrected chi connectivity index (χ1v) is 24.8. The van der Waals surface area contributed by atoms with Crippen molar-refractivity contribution in [1.29, 1.82) is 0 Å². The molecule has 0 aromatic heterocycles. The minimum atomic E-state index is -4.15. The summed E-state index contributed by atoms with van der Waals surface area (Å²) < 4.78 is 61.0. The Balaban J connectivity index is -0.000000966. The van der Waals surface area contributed by atoms with Crippen LogP contribution in [0.1, 0.15) is 206 Å². The molecule has 0 bridgehead atoms. The van der Waals surface area contributed by atoms with Crippen LogP contribution in [0.4, 0.5) is 0 Å². The topological polar surface area (TPSA) is 176 Å². The van der Waals surface area contributed by atoms with Crippen LogP contribution in [0.15, 0.2) is 29.3 Å². The molecule has 0 aromatic carbocycles. The number of nitrogens with one attached hydrogen (secondary N) is 1. The number of amides is 1. The Labute approximate surface area is 368 Å². The minimum Gasteiger partial charge on any atom is -0.859 e. The molecule has 0 aliphatic heterocycles. The van der Waals surface area contributed by atoms with Gasteiger partial charge in [-0.25, -0.2) is 8.42 Å². The maximum Gasteiger partial charge on any atom is 2.00 e.